The van der Waals surface area contributed by atoms with Crippen molar-refractivity contribution in [2.75, 3.05) is 6.61 Å². The summed E-state index contributed by atoms with van der Waals surface area (Å²) in [5.74, 6) is 3.47. The molecule has 0 bridgehead atoms. The summed E-state index contributed by atoms with van der Waals surface area (Å²) in [5.41, 5.74) is 2.10. The largest absolute Gasteiger partial charge is 0.462 e. The molecule has 0 spiro atoms. The summed E-state index contributed by atoms with van der Waals surface area (Å²) < 4.78 is 5.23. The molecule has 2 saturated carbocycles. The minimum atomic E-state index is -0.188. The lowest BCUT2D eigenvalue weighted by atomic mass is 9.68. The first-order valence-corrected chi connectivity index (χ1v) is 12.0. The summed E-state index contributed by atoms with van der Waals surface area (Å²) in [6, 6.07) is 8.23. The third-order valence-corrected chi connectivity index (χ3v) is 7.35. The van der Waals surface area contributed by atoms with Crippen LogP contribution in [0.4, 0.5) is 0 Å². The Morgan fingerprint density at radius 2 is 1.46 bits per heavy atom. The smallest absolute Gasteiger partial charge is 0.338 e. The monoisotopic (exact) mass is 384 g/mol. The van der Waals surface area contributed by atoms with E-state index in [1.54, 1.807) is 0 Å². The molecule has 0 aromatic heterocycles. The highest BCUT2D eigenvalue weighted by Gasteiger charge is 2.31. The van der Waals surface area contributed by atoms with Crippen LogP contribution in [0.2, 0.25) is 0 Å². The number of benzene rings is 1. The maximum absolute atomic E-state index is 12.0. The zero-order valence-electron chi connectivity index (χ0n) is 18.1. The Labute approximate surface area is 172 Å². The van der Waals surface area contributed by atoms with Crippen LogP contribution >= 0.6 is 0 Å². The first kappa shape index (κ1) is 21.4. The van der Waals surface area contributed by atoms with Crippen LogP contribution in [0.3, 0.4) is 0 Å². The van der Waals surface area contributed by atoms with E-state index in [0.717, 1.165) is 24.2 Å². The van der Waals surface area contributed by atoms with Gasteiger partial charge in [-0.3, -0.25) is 0 Å². The third-order valence-electron chi connectivity index (χ3n) is 7.35. The van der Waals surface area contributed by atoms with Crippen LogP contribution in [-0.4, -0.2) is 12.6 Å². The summed E-state index contributed by atoms with van der Waals surface area (Å²) >= 11 is 0. The molecule has 0 amide bonds. The number of hydrogen-bond acceptors (Lipinski definition) is 2. The third kappa shape index (κ3) is 5.84. The van der Waals surface area contributed by atoms with Crippen molar-refractivity contribution in [3.8, 4) is 0 Å². The summed E-state index contributed by atoms with van der Waals surface area (Å²) in [6.07, 6.45) is 16.5. The van der Waals surface area contributed by atoms with Crippen LogP contribution < -0.4 is 0 Å². The predicted octanol–water partition coefficient (Wildman–Crippen LogP) is 7.52. The molecule has 0 unspecified atom stereocenters. The Morgan fingerprint density at radius 3 is 2.04 bits per heavy atom. The Morgan fingerprint density at radius 1 is 0.857 bits per heavy atom. The molecule has 1 aromatic rings. The molecule has 1 aromatic carbocycles. The zero-order chi connectivity index (χ0) is 19.8. The standard InChI is InChI=1S/C26H40O2/c1-3-5-6-20-7-9-21(10-8-20)22-11-13-23(14-12-22)24-15-17-25(18-16-24)26(27)28-19-4-2/h15-18,20-23H,3-14,19H2,1-2H3. The molecule has 2 fully saturated rings. The van der Waals surface area contributed by atoms with Crippen molar-refractivity contribution in [3.63, 3.8) is 0 Å². The van der Waals surface area contributed by atoms with Gasteiger partial charge in [0.1, 0.15) is 0 Å². The molecule has 28 heavy (non-hydrogen) atoms. The van der Waals surface area contributed by atoms with Gasteiger partial charge in [-0.15, -0.1) is 0 Å². The highest BCUT2D eigenvalue weighted by Crippen LogP contribution is 2.44. The van der Waals surface area contributed by atoms with Gasteiger partial charge in [0, 0.05) is 0 Å². The van der Waals surface area contributed by atoms with Gasteiger partial charge in [0.25, 0.3) is 0 Å². The maximum atomic E-state index is 12.0. The summed E-state index contributed by atoms with van der Waals surface area (Å²) in [7, 11) is 0. The second-order valence-corrected chi connectivity index (χ2v) is 9.29. The van der Waals surface area contributed by atoms with Crippen LogP contribution in [0, 0.1) is 17.8 Å². The van der Waals surface area contributed by atoms with Gasteiger partial charge < -0.3 is 4.74 Å². The molecule has 2 aliphatic rings. The molecule has 0 N–H and O–H groups in total. The van der Waals surface area contributed by atoms with Crippen LogP contribution in [0.15, 0.2) is 24.3 Å². The lowest BCUT2D eigenvalue weighted by Gasteiger charge is -2.38. The van der Waals surface area contributed by atoms with E-state index in [-0.39, 0.29) is 5.97 Å². The molecule has 0 saturated heterocycles. The molecule has 3 rings (SSSR count). The molecule has 0 heterocycles. The quantitative estimate of drug-likeness (QED) is 0.433. The van der Waals surface area contributed by atoms with Gasteiger partial charge in [-0.25, -0.2) is 4.79 Å². The van der Waals surface area contributed by atoms with E-state index in [0.29, 0.717) is 18.1 Å². The average Bonchev–Trinajstić information content (AvgIpc) is 2.76. The van der Waals surface area contributed by atoms with E-state index in [9.17, 15) is 4.79 Å². The molecule has 2 aliphatic carbocycles. The van der Waals surface area contributed by atoms with E-state index in [4.69, 9.17) is 4.74 Å². The van der Waals surface area contributed by atoms with Crippen LogP contribution in [-0.2, 0) is 4.74 Å². The number of esters is 1. The van der Waals surface area contributed by atoms with E-state index in [2.05, 4.69) is 19.1 Å². The van der Waals surface area contributed by atoms with Gasteiger partial charge in [0.2, 0.25) is 0 Å². The van der Waals surface area contributed by atoms with Gasteiger partial charge in [-0.05, 0) is 86.3 Å². The average molecular weight is 385 g/mol. The maximum Gasteiger partial charge on any atom is 0.338 e. The summed E-state index contributed by atoms with van der Waals surface area (Å²) in [4.78, 5) is 12.0. The molecule has 2 heteroatoms. The second kappa shape index (κ2) is 11.0. The molecule has 0 aliphatic heterocycles. The Bertz CT molecular complexity index is 575. The number of carbonyl (C=O) groups excluding carboxylic acids is 1. The Hall–Kier alpha value is -1.31. The fourth-order valence-corrected chi connectivity index (χ4v) is 5.53. The molecule has 2 nitrogen and oxygen atoms in total. The summed E-state index contributed by atoms with van der Waals surface area (Å²) in [5, 5.41) is 0. The SMILES string of the molecule is CCCCC1CCC(C2CCC(c3ccc(C(=O)OCCC)cc3)CC2)CC1. The predicted molar refractivity (Wildman–Crippen MR) is 117 cm³/mol. The first-order valence-electron chi connectivity index (χ1n) is 12.0. The van der Waals surface area contributed by atoms with Gasteiger partial charge in [-0.1, -0.05) is 58.1 Å². The molecule has 0 radical (unpaired) electrons. The van der Waals surface area contributed by atoms with E-state index in [1.165, 1.54) is 76.2 Å². The molecule has 0 atom stereocenters. The van der Waals surface area contributed by atoms with E-state index < -0.39 is 0 Å². The van der Waals surface area contributed by atoms with Crippen molar-refractivity contribution >= 4 is 5.97 Å². The van der Waals surface area contributed by atoms with Crippen molar-refractivity contribution < 1.29 is 9.53 Å². The topological polar surface area (TPSA) is 26.3 Å². The second-order valence-electron chi connectivity index (χ2n) is 9.29. The number of hydrogen-bond donors (Lipinski definition) is 0. The van der Waals surface area contributed by atoms with Gasteiger partial charge in [0.15, 0.2) is 0 Å². The lowest BCUT2D eigenvalue weighted by Crippen LogP contribution is -2.25. The minimum absolute atomic E-state index is 0.188. The van der Waals surface area contributed by atoms with E-state index >= 15 is 0 Å². The highest BCUT2D eigenvalue weighted by molar-refractivity contribution is 5.89. The normalized spacial score (nSPS) is 28.1. The minimum Gasteiger partial charge on any atom is -0.462 e. The van der Waals surface area contributed by atoms with Crippen molar-refractivity contribution in [1.29, 1.82) is 0 Å². The lowest BCUT2D eigenvalue weighted by molar-refractivity contribution is 0.0505. The van der Waals surface area contributed by atoms with Crippen molar-refractivity contribution in [2.45, 2.75) is 96.8 Å². The van der Waals surface area contributed by atoms with Gasteiger partial charge in [-0.2, -0.15) is 0 Å². The number of carbonyl (C=O) groups is 1. The van der Waals surface area contributed by atoms with E-state index in [1.807, 2.05) is 19.1 Å². The Balaban J connectivity index is 1.43. The van der Waals surface area contributed by atoms with Crippen LogP contribution in [0.5, 0.6) is 0 Å². The van der Waals surface area contributed by atoms with Gasteiger partial charge in [0.05, 0.1) is 12.2 Å². The Kier molecular flexibility index (Phi) is 8.43. The summed E-state index contributed by atoms with van der Waals surface area (Å²) in [6.45, 7) is 4.84. The van der Waals surface area contributed by atoms with Crippen molar-refractivity contribution in [2.24, 2.45) is 17.8 Å². The molecular weight excluding hydrogens is 344 g/mol. The highest BCUT2D eigenvalue weighted by atomic mass is 16.5. The van der Waals surface area contributed by atoms with Crippen LogP contribution in [0.25, 0.3) is 0 Å². The number of unbranched alkanes of at least 4 members (excludes halogenated alkanes) is 1. The van der Waals surface area contributed by atoms with Gasteiger partial charge >= 0.3 is 5.97 Å². The number of rotatable bonds is 8. The molecule has 156 valence electrons. The zero-order valence-corrected chi connectivity index (χ0v) is 18.1. The molecular formula is C26H40O2. The van der Waals surface area contributed by atoms with Crippen LogP contribution in [0.1, 0.15) is 113 Å². The van der Waals surface area contributed by atoms with Crippen molar-refractivity contribution in [1.82, 2.24) is 0 Å². The fourth-order valence-electron chi connectivity index (χ4n) is 5.53. The first-order chi connectivity index (χ1) is 13.7. The fraction of sp³-hybridized carbons (Fsp3) is 0.731. The number of ether oxygens (including phenoxy) is 1. The van der Waals surface area contributed by atoms with Crippen molar-refractivity contribution in [3.05, 3.63) is 35.4 Å².